The summed E-state index contributed by atoms with van der Waals surface area (Å²) in [7, 11) is 4.40. The second kappa shape index (κ2) is 9.36. The SMILES string of the molecule is O=c1[nH]cnc2c1ncn2[C@H]1CC[C@@H](CO)O1.[B]=NCO.[Y]. The van der Waals surface area contributed by atoms with Gasteiger partial charge >= 0.3 is 24.4 Å². The Labute approximate surface area is 152 Å². The van der Waals surface area contributed by atoms with Gasteiger partial charge in [0, 0.05) is 32.7 Å². The van der Waals surface area contributed by atoms with Crippen LogP contribution in [0.3, 0.4) is 0 Å². The van der Waals surface area contributed by atoms with Gasteiger partial charge in [0.2, 0.25) is 0 Å². The van der Waals surface area contributed by atoms with Gasteiger partial charge in [-0.3, -0.25) is 9.36 Å². The van der Waals surface area contributed by atoms with Crippen LogP contribution in [-0.4, -0.2) is 56.8 Å². The van der Waals surface area contributed by atoms with Crippen molar-refractivity contribution in [1.29, 1.82) is 0 Å². The molecule has 2 radical (unpaired) electrons. The molecule has 2 aromatic heterocycles. The van der Waals surface area contributed by atoms with E-state index in [2.05, 4.69) is 27.5 Å². The number of aromatic nitrogens is 4. The van der Waals surface area contributed by atoms with Crippen LogP contribution < -0.4 is 5.56 Å². The number of aromatic amines is 1. The summed E-state index contributed by atoms with van der Waals surface area (Å²) in [5.41, 5.74) is 0.561. The normalized spacial score (nSPS) is 20.0. The van der Waals surface area contributed by atoms with Gasteiger partial charge < -0.3 is 14.8 Å². The van der Waals surface area contributed by atoms with E-state index in [1.165, 1.54) is 6.33 Å². The van der Waals surface area contributed by atoms with Crippen molar-refractivity contribution in [1.82, 2.24) is 19.5 Å². The van der Waals surface area contributed by atoms with Crippen molar-refractivity contribution in [2.75, 3.05) is 13.3 Å². The number of fused-ring (bicyclic) bond motifs is 1. The molecule has 3 N–H and O–H groups in total. The standard InChI is InChI=1S/C10H12N4O3.CH3BNO.Y/c15-3-6-1-2-7(17-6)14-5-13-8-9(14)11-4-12-10(8)16;2-3-1-4;/h4-7,15H,1-3H2,(H,11,12,16);4H,1H2;/t6-,7+;;/m0../s1. The van der Waals surface area contributed by atoms with Gasteiger partial charge in [0.25, 0.3) is 5.56 Å². The molecule has 0 aliphatic carbocycles. The average molecular weight is 381 g/mol. The number of hydrogen-bond acceptors (Lipinski definition) is 7. The number of aliphatic hydroxyl groups is 2. The third-order valence-corrected chi connectivity index (χ3v) is 3.05. The Morgan fingerprint density at radius 2 is 2.18 bits per heavy atom. The van der Waals surface area contributed by atoms with Crippen LogP contribution in [0.25, 0.3) is 11.2 Å². The van der Waals surface area contributed by atoms with Crippen molar-refractivity contribution in [2.24, 2.45) is 4.90 Å². The predicted octanol–water partition coefficient (Wildman–Crippen LogP) is -0.925. The minimum atomic E-state index is -0.278. The second-order valence-corrected chi connectivity index (χ2v) is 4.35. The van der Waals surface area contributed by atoms with Crippen LogP contribution in [0.2, 0.25) is 0 Å². The van der Waals surface area contributed by atoms with Crippen molar-refractivity contribution in [3.8, 4) is 0 Å². The van der Waals surface area contributed by atoms with Crippen molar-refractivity contribution < 1.29 is 47.7 Å². The molecule has 3 heterocycles. The number of nitrogens with zero attached hydrogens (tertiary/aromatic N) is 4. The molecule has 2 aromatic rings. The Hall–Kier alpha value is -0.801. The second-order valence-electron chi connectivity index (χ2n) is 4.35. The van der Waals surface area contributed by atoms with Gasteiger partial charge in [-0.25, -0.2) is 9.97 Å². The van der Waals surface area contributed by atoms with Gasteiger partial charge in [0.1, 0.15) is 6.23 Å². The molecule has 3 rings (SSSR count). The minimum Gasteiger partial charge on any atom is 0 e. The van der Waals surface area contributed by atoms with Gasteiger partial charge in [0.15, 0.2) is 11.2 Å². The summed E-state index contributed by atoms with van der Waals surface area (Å²) in [6.07, 6.45) is 4.14. The molecular formula is C11H15BN5O4Y. The average Bonchev–Trinajstić information content (AvgIpc) is 3.14. The molecule has 1 aliphatic rings. The number of rotatable bonds is 3. The van der Waals surface area contributed by atoms with Crippen LogP contribution >= 0.6 is 0 Å². The summed E-state index contributed by atoms with van der Waals surface area (Å²) >= 11 is 0. The third-order valence-electron chi connectivity index (χ3n) is 3.05. The summed E-state index contributed by atoms with van der Waals surface area (Å²) in [5.74, 6) is 0. The molecule has 0 spiro atoms. The molecular weight excluding hydrogens is 366 g/mol. The van der Waals surface area contributed by atoms with Crippen LogP contribution in [0.5, 0.6) is 0 Å². The van der Waals surface area contributed by atoms with E-state index in [4.69, 9.17) is 14.9 Å². The molecule has 1 aliphatic heterocycles. The third kappa shape index (κ3) is 4.36. The smallest absolute Gasteiger partial charge is 0 e. The summed E-state index contributed by atoms with van der Waals surface area (Å²) in [6, 6.07) is 0. The first kappa shape index (κ1) is 19.2. The Morgan fingerprint density at radius 1 is 1.45 bits per heavy atom. The minimum absolute atomic E-state index is 0. The van der Waals surface area contributed by atoms with Crippen LogP contribution in [-0.2, 0) is 37.4 Å². The number of aliphatic hydroxyl groups excluding tert-OH is 2. The van der Waals surface area contributed by atoms with Gasteiger partial charge in [-0.2, -0.15) is 0 Å². The summed E-state index contributed by atoms with van der Waals surface area (Å²) in [5, 5.41) is 16.6. The fourth-order valence-electron chi connectivity index (χ4n) is 2.10. The topological polar surface area (TPSA) is 126 Å². The first-order chi connectivity index (χ1) is 10.2. The van der Waals surface area contributed by atoms with Crippen molar-refractivity contribution >= 4 is 18.8 Å². The van der Waals surface area contributed by atoms with Crippen LogP contribution in [0.1, 0.15) is 19.1 Å². The maximum Gasteiger partial charge on any atom is 0 e. The molecule has 0 bridgehead atoms. The molecule has 11 heteroatoms. The maximum atomic E-state index is 11.5. The first-order valence-corrected chi connectivity index (χ1v) is 6.35. The first-order valence-electron chi connectivity index (χ1n) is 6.35. The van der Waals surface area contributed by atoms with Gasteiger partial charge in [-0.1, -0.05) is 0 Å². The van der Waals surface area contributed by atoms with Gasteiger partial charge in [0.05, 0.1) is 25.4 Å². The van der Waals surface area contributed by atoms with Crippen LogP contribution in [0.15, 0.2) is 22.3 Å². The molecule has 22 heavy (non-hydrogen) atoms. The monoisotopic (exact) mass is 381 g/mol. The molecule has 0 saturated carbocycles. The molecule has 1 fully saturated rings. The van der Waals surface area contributed by atoms with E-state index in [1.807, 2.05) is 0 Å². The van der Waals surface area contributed by atoms with Gasteiger partial charge in [-0.15, -0.1) is 0 Å². The number of ether oxygens (including phenoxy) is 1. The summed E-state index contributed by atoms with van der Waals surface area (Å²) < 4.78 is 7.36. The van der Waals surface area contributed by atoms with Gasteiger partial charge in [-0.05, 0) is 12.8 Å². The zero-order valence-electron chi connectivity index (χ0n) is 11.8. The molecule has 1 saturated heterocycles. The van der Waals surface area contributed by atoms with E-state index in [0.29, 0.717) is 11.2 Å². The number of H-pyrrole nitrogens is 1. The van der Waals surface area contributed by atoms with E-state index in [1.54, 1.807) is 10.9 Å². The number of nitrogens with one attached hydrogen (secondary N) is 1. The van der Waals surface area contributed by atoms with E-state index in [9.17, 15) is 4.79 Å². The molecule has 0 unspecified atom stereocenters. The van der Waals surface area contributed by atoms with E-state index < -0.39 is 0 Å². The maximum absolute atomic E-state index is 11.5. The Balaban J connectivity index is 0.000000436. The van der Waals surface area contributed by atoms with Crippen LogP contribution in [0.4, 0.5) is 0 Å². The molecule has 0 aromatic carbocycles. The number of imidazole rings is 1. The zero-order chi connectivity index (χ0) is 15.2. The van der Waals surface area contributed by atoms with E-state index in [0.717, 1.165) is 12.8 Å². The van der Waals surface area contributed by atoms with E-state index >= 15 is 0 Å². The predicted molar refractivity (Wildman–Crippen MR) is 73.6 cm³/mol. The Morgan fingerprint density at radius 3 is 2.77 bits per heavy atom. The molecule has 2 atom stereocenters. The van der Waals surface area contributed by atoms with E-state index in [-0.39, 0.29) is 63.9 Å². The van der Waals surface area contributed by atoms with Crippen molar-refractivity contribution in [3.63, 3.8) is 0 Å². The molecule has 9 nitrogen and oxygen atoms in total. The fourth-order valence-corrected chi connectivity index (χ4v) is 2.10. The Kier molecular flexibility index (Phi) is 8.19. The van der Waals surface area contributed by atoms with Crippen molar-refractivity contribution in [3.05, 3.63) is 23.0 Å². The Bertz CT molecular complexity index is 663. The van der Waals surface area contributed by atoms with Crippen molar-refractivity contribution in [2.45, 2.75) is 25.2 Å². The summed E-state index contributed by atoms with van der Waals surface area (Å²) in [6.45, 7) is -0.267. The fraction of sp³-hybridized carbons (Fsp3) is 0.545. The number of hydrogen-bond donors (Lipinski definition) is 3. The zero-order valence-corrected chi connectivity index (χ0v) is 14.6. The van der Waals surface area contributed by atoms with Crippen LogP contribution in [0, 0.1) is 0 Å². The molecule has 0 amide bonds. The molecule has 114 valence electrons. The largest absolute Gasteiger partial charge is 0 e. The quantitative estimate of drug-likeness (QED) is 0.591. The summed E-state index contributed by atoms with van der Waals surface area (Å²) in [4.78, 5) is 24.9.